The number of thiophene rings is 1. The van der Waals surface area contributed by atoms with Gasteiger partial charge in [-0.25, -0.2) is 8.42 Å². The molecule has 0 saturated carbocycles. The Bertz CT molecular complexity index is 385. The molecular formula is C7H10BrNO2S2. The van der Waals surface area contributed by atoms with Gasteiger partial charge < -0.3 is 5.73 Å². The lowest BCUT2D eigenvalue weighted by atomic mass is 10.3. The molecule has 0 radical (unpaired) electrons. The minimum Gasteiger partial charge on any atom is -0.322 e. The van der Waals surface area contributed by atoms with Crippen LogP contribution in [0, 0.1) is 0 Å². The molecule has 0 bridgehead atoms. The van der Waals surface area contributed by atoms with E-state index in [1.165, 1.54) is 17.6 Å². The number of sulfone groups is 1. The molecule has 1 aromatic heterocycles. The van der Waals surface area contributed by atoms with Crippen LogP contribution in [-0.2, 0) is 9.84 Å². The topological polar surface area (TPSA) is 60.2 Å². The van der Waals surface area contributed by atoms with E-state index in [-0.39, 0.29) is 5.75 Å². The van der Waals surface area contributed by atoms with Gasteiger partial charge in [0.1, 0.15) is 9.84 Å². The van der Waals surface area contributed by atoms with E-state index in [1.54, 1.807) is 0 Å². The molecule has 6 heteroatoms. The van der Waals surface area contributed by atoms with Crippen molar-refractivity contribution in [2.75, 3.05) is 12.0 Å². The van der Waals surface area contributed by atoms with Gasteiger partial charge in [0.15, 0.2) is 0 Å². The maximum absolute atomic E-state index is 11.0. The van der Waals surface area contributed by atoms with E-state index in [0.29, 0.717) is 0 Å². The van der Waals surface area contributed by atoms with E-state index < -0.39 is 15.9 Å². The Morgan fingerprint density at radius 2 is 2.31 bits per heavy atom. The minimum atomic E-state index is -3.01. The lowest BCUT2D eigenvalue weighted by Crippen LogP contribution is -2.20. The largest absolute Gasteiger partial charge is 0.322 e. The molecule has 3 nitrogen and oxygen atoms in total. The molecular weight excluding hydrogens is 274 g/mol. The summed E-state index contributed by atoms with van der Waals surface area (Å²) >= 11 is 4.77. The molecule has 0 aliphatic rings. The predicted molar refractivity (Wildman–Crippen MR) is 58.7 cm³/mol. The normalized spacial score (nSPS) is 14.4. The van der Waals surface area contributed by atoms with Crippen molar-refractivity contribution in [2.24, 2.45) is 5.73 Å². The molecule has 0 amide bonds. The van der Waals surface area contributed by atoms with Gasteiger partial charge in [-0.05, 0) is 27.4 Å². The van der Waals surface area contributed by atoms with E-state index in [4.69, 9.17) is 5.73 Å². The molecule has 1 rings (SSSR count). The van der Waals surface area contributed by atoms with Crippen LogP contribution in [0.4, 0.5) is 0 Å². The Morgan fingerprint density at radius 3 is 2.69 bits per heavy atom. The number of rotatable bonds is 3. The van der Waals surface area contributed by atoms with Gasteiger partial charge in [-0.15, -0.1) is 11.3 Å². The van der Waals surface area contributed by atoms with Gasteiger partial charge in [0, 0.05) is 15.6 Å². The van der Waals surface area contributed by atoms with Crippen LogP contribution in [0.5, 0.6) is 0 Å². The van der Waals surface area contributed by atoms with Crippen molar-refractivity contribution in [1.82, 2.24) is 0 Å². The van der Waals surface area contributed by atoms with E-state index in [0.717, 1.165) is 9.35 Å². The Labute approximate surface area is 90.0 Å². The molecule has 0 fully saturated rings. The molecule has 74 valence electrons. The maximum Gasteiger partial charge on any atom is 0.149 e. The van der Waals surface area contributed by atoms with Crippen LogP contribution < -0.4 is 5.73 Å². The van der Waals surface area contributed by atoms with Gasteiger partial charge in [-0.1, -0.05) is 0 Å². The molecule has 0 aliphatic heterocycles. The number of halogens is 1. The monoisotopic (exact) mass is 283 g/mol. The first-order valence-corrected chi connectivity index (χ1v) is 7.29. The Morgan fingerprint density at radius 1 is 1.69 bits per heavy atom. The average molecular weight is 284 g/mol. The van der Waals surface area contributed by atoms with E-state index >= 15 is 0 Å². The van der Waals surface area contributed by atoms with Gasteiger partial charge in [0.25, 0.3) is 0 Å². The van der Waals surface area contributed by atoms with Crippen LogP contribution >= 0.6 is 27.3 Å². The van der Waals surface area contributed by atoms with Gasteiger partial charge in [0.2, 0.25) is 0 Å². The second-order valence-electron chi connectivity index (χ2n) is 2.83. The zero-order valence-electron chi connectivity index (χ0n) is 7.03. The average Bonchev–Trinajstić information content (AvgIpc) is 2.30. The summed E-state index contributed by atoms with van der Waals surface area (Å²) in [6.45, 7) is 0. The fraction of sp³-hybridized carbons (Fsp3) is 0.429. The molecule has 13 heavy (non-hydrogen) atoms. The van der Waals surface area contributed by atoms with Crippen molar-refractivity contribution in [3.63, 3.8) is 0 Å². The zero-order chi connectivity index (χ0) is 10.1. The van der Waals surface area contributed by atoms with Crippen molar-refractivity contribution in [3.8, 4) is 0 Å². The summed E-state index contributed by atoms with van der Waals surface area (Å²) in [7, 11) is -3.01. The smallest absolute Gasteiger partial charge is 0.149 e. The van der Waals surface area contributed by atoms with E-state index in [1.807, 2.05) is 11.4 Å². The molecule has 0 unspecified atom stereocenters. The predicted octanol–water partition coefficient (Wildman–Crippen LogP) is 1.55. The fourth-order valence-electron chi connectivity index (χ4n) is 0.972. The Kier molecular flexibility index (Phi) is 3.50. The van der Waals surface area contributed by atoms with Crippen molar-refractivity contribution < 1.29 is 8.42 Å². The summed E-state index contributed by atoms with van der Waals surface area (Å²) < 4.78 is 22.8. The summed E-state index contributed by atoms with van der Waals surface area (Å²) in [5.41, 5.74) is 5.73. The molecule has 1 heterocycles. The van der Waals surface area contributed by atoms with Gasteiger partial charge in [-0.3, -0.25) is 0 Å². The highest BCUT2D eigenvalue weighted by atomic mass is 79.9. The molecule has 1 aromatic rings. The molecule has 0 saturated heterocycles. The highest BCUT2D eigenvalue weighted by molar-refractivity contribution is 9.10. The standard InChI is InChI=1S/C7H10BrNO2S2/c1-13(10,11)4-6(9)7-5(8)2-3-12-7/h2-3,6H,4,9H2,1H3/t6-/m1/s1. The first-order chi connectivity index (χ1) is 5.90. The molecule has 1 atom stereocenters. The zero-order valence-corrected chi connectivity index (χ0v) is 10.2. The van der Waals surface area contributed by atoms with Crippen molar-refractivity contribution in [2.45, 2.75) is 6.04 Å². The lowest BCUT2D eigenvalue weighted by Gasteiger charge is -2.08. The van der Waals surface area contributed by atoms with Crippen LogP contribution in [0.2, 0.25) is 0 Å². The second-order valence-corrected chi connectivity index (χ2v) is 6.82. The molecule has 0 aliphatic carbocycles. The first-order valence-electron chi connectivity index (χ1n) is 3.56. The SMILES string of the molecule is CS(=O)(=O)C[C@@H](N)c1sccc1Br. The van der Waals surface area contributed by atoms with Gasteiger partial charge >= 0.3 is 0 Å². The summed E-state index contributed by atoms with van der Waals surface area (Å²) in [6, 6.07) is 1.44. The van der Waals surface area contributed by atoms with Gasteiger partial charge in [0.05, 0.1) is 11.8 Å². The summed E-state index contributed by atoms with van der Waals surface area (Å²) in [5, 5.41) is 1.88. The summed E-state index contributed by atoms with van der Waals surface area (Å²) in [5.74, 6) is -0.00782. The highest BCUT2D eigenvalue weighted by Gasteiger charge is 2.16. The van der Waals surface area contributed by atoms with E-state index in [9.17, 15) is 8.42 Å². The third-order valence-corrected chi connectivity index (χ3v) is 4.43. The number of hydrogen-bond donors (Lipinski definition) is 1. The fourth-order valence-corrected chi connectivity index (χ4v) is 3.57. The second kappa shape index (κ2) is 4.08. The van der Waals surface area contributed by atoms with Crippen molar-refractivity contribution in [3.05, 3.63) is 20.8 Å². The van der Waals surface area contributed by atoms with Crippen LogP contribution in [0.25, 0.3) is 0 Å². The minimum absolute atomic E-state index is 0.00782. The van der Waals surface area contributed by atoms with E-state index in [2.05, 4.69) is 15.9 Å². The van der Waals surface area contributed by atoms with Crippen molar-refractivity contribution in [1.29, 1.82) is 0 Å². The molecule has 0 aromatic carbocycles. The number of nitrogens with two attached hydrogens (primary N) is 1. The lowest BCUT2D eigenvalue weighted by molar-refractivity contribution is 0.595. The maximum atomic E-state index is 11.0. The van der Waals surface area contributed by atoms with Crippen LogP contribution in [0.1, 0.15) is 10.9 Å². The van der Waals surface area contributed by atoms with Crippen molar-refractivity contribution >= 4 is 37.1 Å². The number of hydrogen-bond acceptors (Lipinski definition) is 4. The Balaban J connectivity index is 2.81. The van der Waals surface area contributed by atoms with Crippen LogP contribution in [0.15, 0.2) is 15.9 Å². The van der Waals surface area contributed by atoms with Crippen LogP contribution in [-0.4, -0.2) is 20.4 Å². The highest BCUT2D eigenvalue weighted by Crippen LogP contribution is 2.28. The molecule has 2 N–H and O–H groups in total. The summed E-state index contributed by atoms with van der Waals surface area (Å²) in [4.78, 5) is 0.880. The first kappa shape index (κ1) is 11.2. The van der Waals surface area contributed by atoms with Crippen LogP contribution in [0.3, 0.4) is 0 Å². The summed E-state index contributed by atoms with van der Waals surface area (Å²) in [6.07, 6.45) is 1.19. The molecule has 0 spiro atoms. The van der Waals surface area contributed by atoms with Gasteiger partial charge in [-0.2, -0.15) is 0 Å². The Hall–Kier alpha value is 0.0900. The third-order valence-electron chi connectivity index (χ3n) is 1.46. The quantitative estimate of drug-likeness (QED) is 0.916. The third kappa shape index (κ3) is 3.38.